The first-order valence-corrected chi connectivity index (χ1v) is 8.71. The summed E-state index contributed by atoms with van der Waals surface area (Å²) < 4.78 is 16.0. The van der Waals surface area contributed by atoms with Crippen molar-refractivity contribution in [3.8, 4) is 5.75 Å². The molecule has 0 unspecified atom stereocenters. The van der Waals surface area contributed by atoms with Crippen molar-refractivity contribution in [1.82, 2.24) is 4.90 Å². The van der Waals surface area contributed by atoms with Crippen molar-refractivity contribution in [2.24, 2.45) is 0 Å². The molecule has 144 valence electrons. The number of amides is 1. The summed E-state index contributed by atoms with van der Waals surface area (Å²) in [6.45, 7) is 6.06. The highest BCUT2D eigenvalue weighted by atomic mass is 16.6. The van der Waals surface area contributed by atoms with Crippen molar-refractivity contribution < 1.29 is 28.6 Å². The predicted molar refractivity (Wildman–Crippen MR) is 97.6 cm³/mol. The van der Waals surface area contributed by atoms with Gasteiger partial charge in [0.1, 0.15) is 11.4 Å². The third kappa shape index (κ3) is 4.13. The fourth-order valence-electron chi connectivity index (χ4n) is 3.13. The largest absolute Gasteiger partial charge is 0.482 e. The van der Waals surface area contributed by atoms with Gasteiger partial charge in [-0.3, -0.25) is 9.69 Å². The Morgan fingerprint density at radius 1 is 1.26 bits per heavy atom. The average molecular weight is 373 g/mol. The van der Waals surface area contributed by atoms with E-state index in [1.807, 2.05) is 20.8 Å². The highest BCUT2D eigenvalue weighted by Gasteiger charge is 2.52. The Labute approximate surface area is 157 Å². The van der Waals surface area contributed by atoms with Crippen LogP contribution in [0.15, 0.2) is 24.3 Å². The van der Waals surface area contributed by atoms with Crippen molar-refractivity contribution >= 4 is 23.9 Å². The van der Waals surface area contributed by atoms with Gasteiger partial charge in [0.15, 0.2) is 11.4 Å². The minimum atomic E-state index is -0.690. The molecule has 0 N–H and O–H groups in total. The third-order valence-corrected chi connectivity index (χ3v) is 4.34. The molecule has 2 heterocycles. The lowest BCUT2D eigenvalue weighted by molar-refractivity contribution is -0.134. The summed E-state index contributed by atoms with van der Waals surface area (Å²) in [5.74, 6) is -0.0235. The molecule has 1 aromatic rings. The van der Waals surface area contributed by atoms with Gasteiger partial charge in [-0.15, -0.1) is 0 Å². The van der Waals surface area contributed by atoms with E-state index >= 15 is 0 Å². The molecule has 0 saturated carbocycles. The van der Waals surface area contributed by atoms with E-state index in [-0.39, 0.29) is 12.2 Å². The van der Waals surface area contributed by atoms with E-state index in [4.69, 9.17) is 9.47 Å². The second-order valence-electron chi connectivity index (χ2n) is 7.83. The minimum absolute atomic E-state index is 0.0478. The van der Waals surface area contributed by atoms with Gasteiger partial charge in [-0.2, -0.15) is 0 Å². The molecule has 1 aromatic carbocycles. The topological polar surface area (TPSA) is 82.1 Å². The Morgan fingerprint density at radius 3 is 2.59 bits per heavy atom. The van der Waals surface area contributed by atoms with E-state index in [2.05, 4.69) is 4.74 Å². The normalized spacial score (nSPS) is 17.9. The summed E-state index contributed by atoms with van der Waals surface area (Å²) in [5, 5.41) is 0. The molecule has 2 aliphatic rings. The zero-order chi connectivity index (χ0) is 19.8. The maximum Gasteiger partial charge on any atom is 0.410 e. The lowest BCUT2D eigenvalue weighted by Crippen LogP contribution is -2.68. The van der Waals surface area contributed by atoms with Crippen LogP contribution in [0.25, 0.3) is 6.08 Å². The van der Waals surface area contributed by atoms with Gasteiger partial charge in [-0.25, -0.2) is 9.59 Å². The molecule has 7 heteroatoms. The fraction of sp³-hybridized carbons (Fsp3) is 0.450. The van der Waals surface area contributed by atoms with Crippen molar-refractivity contribution in [2.45, 2.75) is 38.4 Å². The number of fused-ring (bicyclic) bond motifs is 1. The van der Waals surface area contributed by atoms with Crippen LogP contribution in [0.4, 0.5) is 4.79 Å². The van der Waals surface area contributed by atoms with Crippen LogP contribution in [0.3, 0.4) is 0 Å². The maximum atomic E-state index is 12.6. The second-order valence-corrected chi connectivity index (χ2v) is 7.83. The van der Waals surface area contributed by atoms with Gasteiger partial charge in [-0.05, 0) is 44.5 Å². The lowest BCUT2D eigenvalue weighted by Gasteiger charge is -2.50. The van der Waals surface area contributed by atoms with Crippen molar-refractivity contribution in [2.75, 3.05) is 20.2 Å². The van der Waals surface area contributed by atoms with Crippen molar-refractivity contribution in [3.05, 3.63) is 35.4 Å². The molecule has 0 aromatic heterocycles. The highest BCUT2D eigenvalue weighted by Crippen LogP contribution is 2.39. The molecular weight excluding hydrogens is 350 g/mol. The summed E-state index contributed by atoms with van der Waals surface area (Å²) >= 11 is 0. The number of nitrogens with zero attached hydrogens (tertiary/aromatic N) is 1. The quantitative estimate of drug-likeness (QED) is 0.586. The van der Waals surface area contributed by atoms with Gasteiger partial charge < -0.3 is 14.2 Å². The number of likely N-dealkylation sites (tertiary alicyclic amines) is 1. The minimum Gasteiger partial charge on any atom is -0.482 e. The maximum absolute atomic E-state index is 12.6. The van der Waals surface area contributed by atoms with Gasteiger partial charge in [0, 0.05) is 6.08 Å². The van der Waals surface area contributed by atoms with Crippen LogP contribution >= 0.6 is 0 Å². The summed E-state index contributed by atoms with van der Waals surface area (Å²) in [7, 11) is 1.30. The van der Waals surface area contributed by atoms with Crippen LogP contribution in [-0.4, -0.2) is 54.1 Å². The smallest absolute Gasteiger partial charge is 0.410 e. The van der Waals surface area contributed by atoms with E-state index in [1.54, 1.807) is 24.3 Å². The Bertz CT molecular complexity index is 814. The molecule has 1 spiro atoms. The fourth-order valence-corrected chi connectivity index (χ4v) is 3.13. The number of esters is 1. The van der Waals surface area contributed by atoms with Gasteiger partial charge in [0.25, 0.3) is 0 Å². The molecule has 0 atom stereocenters. The molecule has 27 heavy (non-hydrogen) atoms. The highest BCUT2D eigenvalue weighted by molar-refractivity contribution is 6.01. The molecule has 0 bridgehead atoms. The first kappa shape index (κ1) is 18.9. The molecule has 1 saturated heterocycles. The van der Waals surface area contributed by atoms with Gasteiger partial charge >= 0.3 is 12.1 Å². The average Bonchev–Trinajstić information content (AvgIpc) is 2.55. The molecule has 2 aliphatic heterocycles. The van der Waals surface area contributed by atoms with Gasteiger partial charge in [0.05, 0.1) is 32.2 Å². The molecule has 0 radical (unpaired) electrons. The number of hydrogen-bond acceptors (Lipinski definition) is 6. The number of carbonyl (C=O) groups is 3. The zero-order valence-electron chi connectivity index (χ0n) is 15.9. The summed E-state index contributed by atoms with van der Waals surface area (Å²) in [4.78, 5) is 37.5. The van der Waals surface area contributed by atoms with Crippen LogP contribution in [0.1, 0.15) is 43.1 Å². The molecule has 1 amide bonds. The van der Waals surface area contributed by atoms with E-state index in [9.17, 15) is 14.4 Å². The third-order valence-electron chi connectivity index (χ3n) is 4.34. The van der Waals surface area contributed by atoms with Crippen LogP contribution in [-0.2, 0) is 14.3 Å². The van der Waals surface area contributed by atoms with E-state index in [1.165, 1.54) is 18.1 Å². The van der Waals surface area contributed by atoms with Crippen LogP contribution in [0.2, 0.25) is 0 Å². The number of Topliss-reactive ketones (excluding diaryl/α,β-unsaturated/α-hetero) is 1. The van der Waals surface area contributed by atoms with Crippen molar-refractivity contribution in [1.29, 1.82) is 0 Å². The first-order chi connectivity index (χ1) is 12.6. The van der Waals surface area contributed by atoms with Crippen molar-refractivity contribution in [3.63, 3.8) is 0 Å². The number of hydrogen-bond donors (Lipinski definition) is 0. The zero-order valence-corrected chi connectivity index (χ0v) is 15.9. The van der Waals surface area contributed by atoms with Crippen LogP contribution in [0.5, 0.6) is 5.75 Å². The Balaban J connectivity index is 1.69. The van der Waals surface area contributed by atoms with Gasteiger partial charge in [0.2, 0.25) is 0 Å². The summed E-state index contributed by atoms with van der Waals surface area (Å²) in [5.41, 5.74) is -0.0758. The molecule has 3 rings (SSSR count). The number of rotatable bonds is 2. The molecular formula is C20H23NO6. The van der Waals surface area contributed by atoms with Gasteiger partial charge in [-0.1, -0.05) is 6.07 Å². The first-order valence-electron chi connectivity index (χ1n) is 8.71. The predicted octanol–water partition coefficient (Wildman–Crippen LogP) is 2.83. The second kappa shape index (κ2) is 6.72. The molecule has 7 nitrogen and oxygen atoms in total. The number of benzene rings is 1. The summed E-state index contributed by atoms with van der Waals surface area (Å²) in [6, 6.07) is 5.16. The van der Waals surface area contributed by atoms with E-state index in [0.29, 0.717) is 30.0 Å². The lowest BCUT2D eigenvalue weighted by atomic mass is 9.83. The van der Waals surface area contributed by atoms with E-state index < -0.39 is 23.3 Å². The van der Waals surface area contributed by atoms with E-state index in [0.717, 1.165) is 0 Å². The SMILES string of the molecule is COC(=O)C=Cc1ccc2c(c1)C(=O)CC1(CN(C(=O)OC(C)(C)C)C1)O2. The number of ketones is 1. The Hall–Kier alpha value is -2.83. The Morgan fingerprint density at radius 2 is 1.96 bits per heavy atom. The molecule has 0 aliphatic carbocycles. The number of ether oxygens (including phenoxy) is 3. The monoisotopic (exact) mass is 373 g/mol. The number of methoxy groups -OCH3 is 1. The van der Waals surface area contributed by atoms with Crippen LogP contribution in [0, 0.1) is 0 Å². The molecule has 1 fully saturated rings. The summed E-state index contributed by atoms with van der Waals surface area (Å²) in [6.07, 6.45) is 2.67. The Kier molecular flexibility index (Phi) is 4.71. The van der Waals surface area contributed by atoms with Crippen LogP contribution < -0.4 is 4.74 Å². The standard InChI is InChI=1S/C20H23NO6/c1-19(2,3)27-18(24)21-11-20(12-21)10-15(22)14-9-13(5-7-16(14)26-20)6-8-17(23)25-4/h5-9H,10-12H2,1-4H3. The number of carbonyl (C=O) groups excluding carboxylic acids is 3.